The quantitative estimate of drug-likeness (QED) is 0.466. The maximum absolute atomic E-state index is 15.1. The van der Waals surface area contributed by atoms with Crippen LogP contribution in [0.3, 0.4) is 0 Å². The number of benzene rings is 1. The van der Waals surface area contributed by atoms with E-state index in [9.17, 15) is 4.79 Å². The Hall–Kier alpha value is -2.84. The summed E-state index contributed by atoms with van der Waals surface area (Å²) in [4.78, 5) is 25.2. The Morgan fingerprint density at radius 2 is 1.93 bits per heavy atom. The van der Waals surface area contributed by atoms with E-state index in [0.29, 0.717) is 16.4 Å². The molecule has 0 spiro atoms. The van der Waals surface area contributed by atoms with Crippen LogP contribution in [0.1, 0.15) is 36.0 Å². The fourth-order valence-corrected chi connectivity index (χ4v) is 4.04. The standard InChI is InChI=1S/C20H14Cl2FN5O2/c21-13-3-1-12(2-4-13)20(23)7-11(8-20)17-26-15(30-27-17)9-28-10-25-18-16(19(28)29)14(22)5-6-24-18/h1-6,10-11H,7-9H2. The largest absolute Gasteiger partial charge is 0.337 e. The van der Waals surface area contributed by atoms with Crippen LogP contribution in [0.4, 0.5) is 4.39 Å². The van der Waals surface area contributed by atoms with Gasteiger partial charge in [-0.05, 0) is 36.6 Å². The predicted octanol–water partition coefficient (Wildman–Crippen LogP) is 4.27. The highest BCUT2D eigenvalue weighted by Gasteiger charge is 2.48. The number of hydrogen-bond donors (Lipinski definition) is 0. The van der Waals surface area contributed by atoms with Crippen LogP contribution < -0.4 is 5.56 Å². The molecular formula is C20H14Cl2FN5O2. The Bertz CT molecular complexity index is 1300. The lowest BCUT2D eigenvalue weighted by atomic mass is 9.68. The van der Waals surface area contributed by atoms with Crippen molar-refractivity contribution >= 4 is 34.2 Å². The molecule has 5 rings (SSSR count). The molecule has 30 heavy (non-hydrogen) atoms. The van der Waals surface area contributed by atoms with E-state index in [1.165, 1.54) is 23.2 Å². The lowest BCUT2D eigenvalue weighted by molar-refractivity contribution is 0.0336. The number of nitrogens with zero attached hydrogens (tertiary/aromatic N) is 5. The fourth-order valence-electron chi connectivity index (χ4n) is 3.69. The molecule has 1 aromatic carbocycles. The summed E-state index contributed by atoms with van der Waals surface area (Å²) in [6.07, 6.45) is 3.35. The summed E-state index contributed by atoms with van der Waals surface area (Å²) in [5, 5.41) is 5.04. The summed E-state index contributed by atoms with van der Waals surface area (Å²) < 4.78 is 21.7. The molecule has 3 heterocycles. The van der Waals surface area contributed by atoms with Crippen molar-refractivity contribution in [3.8, 4) is 0 Å². The third kappa shape index (κ3) is 3.26. The predicted molar refractivity (Wildman–Crippen MR) is 108 cm³/mol. The average molecular weight is 446 g/mol. The summed E-state index contributed by atoms with van der Waals surface area (Å²) in [5.41, 5.74) is -0.928. The van der Waals surface area contributed by atoms with Gasteiger partial charge in [-0.3, -0.25) is 9.36 Å². The molecule has 10 heteroatoms. The molecule has 0 bridgehead atoms. The van der Waals surface area contributed by atoms with Crippen LogP contribution in [0.15, 0.2) is 52.2 Å². The lowest BCUT2D eigenvalue weighted by Crippen LogP contribution is -2.36. The van der Waals surface area contributed by atoms with Gasteiger partial charge in [0.15, 0.2) is 11.5 Å². The molecule has 1 aliphatic carbocycles. The minimum Gasteiger partial charge on any atom is -0.337 e. The first-order valence-electron chi connectivity index (χ1n) is 9.20. The molecule has 0 N–H and O–H groups in total. The first-order chi connectivity index (χ1) is 14.4. The minimum absolute atomic E-state index is 0.0324. The third-order valence-electron chi connectivity index (χ3n) is 5.33. The number of pyridine rings is 1. The zero-order valence-corrected chi connectivity index (χ0v) is 16.9. The Morgan fingerprint density at radius 1 is 1.17 bits per heavy atom. The van der Waals surface area contributed by atoms with Crippen LogP contribution in [0.25, 0.3) is 11.0 Å². The van der Waals surface area contributed by atoms with E-state index in [-0.39, 0.29) is 52.8 Å². The summed E-state index contributed by atoms with van der Waals surface area (Å²) in [6, 6.07) is 8.27. The molecule has 0 radical (unpaired) electrons. The van der Waals surface area contributed by atoms with E-state index in [1.807, 2.05) is 0 Å². The van der Waals surface area contributed by atoms with Gasteiger partial charge in [0.25, 0.3) is 5.56 Å². The van der Waals surface area contributed by atoms with Gasteiger partial charge in [0.1, 0.15) is 23.9 Å². The first kappa shape index (κ1) is 19.1. The molecule has 1 fully saturated rings. The van der Waals surface area contributed by atoms with Crippen molar-refractivity contribution < 1.29 is 8.91 Å². The van der Waals surface area contributed by atoms with Crippen LogP contribution in [-0.4, -0.2) is 24.7 Å². The van der Waals surface area contributed by atoms with Crippen molar-refractivity contribution in [1.82, 2.24) is 24.7 Å². The smallest absolute Gasteiger partial charge is 0.264 e. The second kappa shape index (κ2) is 7.14. The van der Waals surface area contributed by atoms with Crippen molar-refractivity contribution in [3.63, 3.8) is 0 Å². The van der Waals surface area contributed by atoms with Crippen LogP contribution in [-0.2, 0) is 12.2 Å². The second-order valence-electron chi connectivity index (χ2n) is 7.29. The van der Waals surface area contributed by atoms with Gasteiger partial charge in [-0.1, -0.05) is 40.5 Å². The maximum Gasteiger partial charge on any atom is 0.264 e. The highest BCUT2D eigenvalue weighted by Crippen LogP contribution is 2.53. The van der Waals surface area contributed by atoms with Gasteiger partial charge in [0.05, 0.1) is 5.02 Å². The van der Waals surface area contributed by atoms with Crippen LogP contribution in [0, 0.1) is 0 Å². The Balaban J connectivity index is 1.33. The zero-order valence-electron chi connectivity index (χ0n) is 15.4. The van der Waals surface area contributed by atoms with E-state index in [2.05, 4.69) is 20.1 Å². The lowest BCUT2D eigenvalue weighted by Gasteiger charge is -2.40. The van der Waals surface area contributed by atoms with Gasteiger partial charge in [0, 0.05) is 17.1 Å². The van der Waals surface area contributed by atoms with Gasteiger partial charge in [-0.2, -0.15) is 4.98 Å². The third-order valence-corrected chi connectivity index (χ3v) is 5.90. The molecular weight excluding hydrogens is 432 g/mol. The number of aromatic nitrogens is 5. The van der Waals surface area contributed by atoms with Crippen molar-refractivity contribution in [3.05, 3.63) is 80.5 Å². The Morgan fingerprint density at radius 3 is 2.70 bits per heavy atom. The molecule has 0 amide bonds. The molecule has 7 nitrogen and oxygen atoms in total. The van der Waals surface area contributed by atoms with Crippen LogP contribution in [0.5, 0.6) is 0 Å². The second-order valence-corrected chi connectivity index (χ2v) is 8.14. The first-order valence-corrected chi connectivity index (χ1v) is 9.96. The highest BCUT2D eigenvalue weighted by atomic mass is 35.5. The van der Waals surface area contributed by atoms with Gasteiger partial charge < -0.3 is 4.52 Å². The van der Waals surface area contributed by atoms with E-state index >= 15 is 4.39 Å². The number of halogens is 3. The van der Waals surface area contributed by atoms with Crippen molar-refractivity contribution in [2.75, 3.05) is 0 Å². The molecule has 4 aromatic rings. The molecule has 1 aliphatic rings. The molecule has 1 saturated carbocycles. The summed E-state index contributed by atoms with van der Waals surface area (Å²) in [7, 11) is 0. The highest BCUT2D eigenvalue weighted by molar-refractivity contribution is 6.35. The molecule has 0 aliphatic heterocycles. The van der Waals surface area contributed by atoms with E-state index in [4.69, 9.17) is 27.7 Å². The van der Waals surface area contributed by atoms with Crippen molar-refractivity contribution in [2.24, 2.45) is 0 Å². The van der Waals surface area contributed by atoms with Crippen molar-refractivity contribution in [1.29, 1.82) is 0 Å². The van der Waals surface area contributed by atoms with Gasteiger partial charge in [0.2, 0.25) is 5.89 Å². The van der Waals surface area contributed by atoms with Gasteiger partial charge in [-0.25, -0.2) is 14.4 Å². The van der Waals surface area contributed by atoms with Gasteiger partial charge >= 0.3 is 0 Å². The minimum atomic E-state index is -1.43. The fraction of sp³-hybridized carbons (Fsp3) is 0.250. The molecule has 0 atom stereocenters. The van der Waals surface area contributed by atoms with Crippen molar-refractivity contribution in [2.45, 2.75) is 31.0 Å². The summed E-state index contributed by atoms with van der Waals surface area (Å²) in [5.74, 6) is 0.498. The van der Waals surface area contributed by atoms with E-state index < -0.39 is 5.67 Å². The summed E-state index contributed by atoms with van der Waals surface area (Å²) in [6.45, 7) is 0.0324. The van der Waals surface area contributed by atoms with E-state index in [1.54, 1.807) is 24.3 Å². The number of alkyl halides is 1. The summed E-state index contributed by atoms with van der Waals surface area (Å²) >= 11 is 12.0. The zero-order chi connectivity index (χ0) is 20.9. The van der Waals surface area contributed by atoms with Crippen LogP contribution in [0.2, 0.25) is 10.0 Å². The van der Waals surface area contributed by atoms with Crippen LogP contribution >= 0.6 is 23.2 Å². The molecule has 152 valence electrons. The number of fused-ring (bicyclic) bond motifs is 1. The number of rotatable bonds is 4. The van der Waals surface area contributed by atoms with Gasteiger partial charge in [-0.15, -0.1) is 0 Å². The molecule has 0 saturated heterocycles. The maximum atomic E-state index is 15.1. The normalized spacial score (nSPS) is 21.0. The SMILES string of the molecule is O=c1c2c(Cl)ccnc2ncn1Cc1nc(C2CC(F)(c3ccc(Cl)cc3)C2)no1. The number of hydrogen-bond acceptors (Lipinski definition) is 6. The van der Waals surface area contributed by atoms with E-state index in [0.717, 1.165) is 0 Å². The Kier molecular flexibility index (Phi) is 4.56. The Labute approximate surface area is 179 Å². The average Bonchev–Trinajstić information content (AvgIpc) is 3.16. The molecule has 3 aromatic heterocycles. The monoisotopic (exact) mass is 445 g/mol. The topological polar surface area (TPSA) is 86.7 Å². The molecule has 0 unspecified atom stereocenters.